The largest absolute Gasteiger partial charge is 0.383 e. The Bertz CT molecular complexity index is 161. The average molecular weight is 198 g/mol. The second kappa shape index (κ2) is 8.98. The van der Waals surface area contributed by atoms with E-state index in [1.807, 2.05) is 0 Å². The molecule has 0 N–H and O–H groups in total. The summed E-state index contributed by atoms with van der Waals surface area (Å²) in [7, 11) is 1.72. The van der Waals surface area contributed by atoms with Gasteiger partial charge < -0.3 is 4.74 Å². The minimum atomic E-state index is 0.596. The molecule has 0 heterocycles. The molecule has 0 radical (unpaired) electrons. The molecule has 0 saturated heterocycles. The van der Waals surface area contributed by atoms with Crippen LogP contribution in [0.1, 0.15) is 33.1 Å². The van der Waals surface area contributed by atoms with E-state index in [0.717, 1.165) is 32.5 Å². The third-order valence-corrected chi connectivity index (χ3v) is 2.55. The van der Waals surface area contributed by atoms with Crippen molar-refractivity contribution in [3.05, 3.63) is 0 Å². The fourth-order valence-corrected chi connectivity index (χ4v) is 1.68. The maximum absolute atomic E-state index is 8.56. The summed E-state index contributed by atoms with van der Waals surface area (Å²) < 4.78 is 5.07. The van der Waals surface area contributed by atoms with Crippen LogP contribution in [0.2, 0.25) is 0 Å². The Kier molecular flexibility index (Phi) is 8.61. The highest BCUT2D eigenvalue weighted by atomic mass is 16.5. The van der Waals surface area contributed by atoms with Gasteiger partial charge in [0, 0.05) is 32.7 Å². The van der Waals surface area contributed by atoms with Crippen LogP contribution < -0.4 is 0 Å². The zero-order valence-electron chi connectivity index (χ0n) is 9.62. The summed E-state index contributed by atoms with van der Waals surface area (Å²) in [5, 5.41) is 8.56. The molecule has 0 spiro atoms. The lowest BCUT2D eigenvalue weighted by atomic mass is 10.1. The van der Waals surface area contributed by atoms with E-state index in [4.69, 9.17) is 10.00 Å². The van der Waals surface area contributed by atoms with Crippen molar-refractivity contribution >= 4 is 0 Å². The van der Waals surface area contributed by atoms with E-state index >= 15 is 0 Å². The monoisotopic (exact) mass is 198 g/mol. The number of hydrogen-bond donors (Lipinski definition) is 0. The number of rotatable bonds is 8. The quantitative estimate of drug-likeness (QED) is 0.599. The smallest absolute Gasteiger partial charge is 0.0635 e. The van der Waals surface area contributed by atoms with Gasteiger partial charge in [0.25, 0.3) is 0 Å². The Hall–Kier alpha value is -0.590. The number of hydrogen-bond acceptors (Lipinski definition) is 3. The van der Waals surface area contributed by atoms with Gasteiger partial charge in [-0.15, -0.1) is 0 Å². The first-order valence-corrected chi connectivity index (χ1v) is 5.40. The van der Waals surface area contributed by atoms with Gasteiger partial charge in [-0.2, -0.15) is 5.26 Å². The van der Waals surface area contributed by atoms with Crippen molar-refractivity contribution in [1.82, 2.24) is 4.90 Å². The molecule has 0 amide bonds. The highest BCUT2D eigenvalue weighted by Crippen LogP contribution is 2.08. The summed E-state index contributed by atoms with van der Waals surface area (Å²) in [6.07, 6.45) is 2.90. The first-order chi connectivity index (χ1) is 6.79. The van der Waals surface area contributed by atoms with Gasteiger partial charge in [-0.1, -0.05) is 13.8 Å². The molecule has 14 heavy (non-hydrogen) atoms. The van der Waals surface area contributed by atoms with Crippen molar-refractivity contribution in [3.8, 4) is 6.07 Å². The molecule has 0 aromatic carbocycles. The Labute approximate surface area is 87.7 Å². The van der Waals surface area contributed by atoms with Crippen LogP contribution in [0.15, 0.2) is 0 Å². The number of nitriles is 1. The normalized spacial score (nSPS) is 10.9. The molecular formula is C11H22N2O. The van der Waals surface area contributed by atoms with E-state index in [-0.39, 0.29) is 0 Å². The molecule has 0 aliphatic rings. The molecule has 0 unspecified atom stereocenters. The van der Waals surface area contributed by atoms with Gasteiger partial charge in [-0.3, -0.25) is 4.90 Å². The molecular weight excluding hydrogens is 176 g/mol. The Morgan fingerprint density at radius 3 is 2.36 bits per heavy atom. The standard InChI is InChI=1S/C11H22N2O/c1-4-11(5-2)13(8-6-7-12)9-10-14-3/h11H,4-6,8-10H2,1-3H3. The van der Waals surface area contributed by atoms with Gasteiger partial charge in [0.15, 0.2) is 0 Å². The van der Waals surface area contributed by atoms with Crippen molar-refractivity contribution in [3.63, 3.8) is 0 Å². The Balaban J connectivity index is 4.00. The van der Waals surface area contributed by atoms with Crippen molar-refractivity contribution in [2.75, 3.05) is 26.8 Å². The summed E-state index contributed by atoms with van der Waals surface area (Å²) >= 11 is 0. The Morgan fingerprint density at radius 1 is 1.29 bits per heavy atom. The van der Waals surface area contributed by atoms with E-state index < -0.39 is 0 Å². The number of ether oxygens (including phenoxy) is 1. The van der Waals surface area contributed by atoms with Crippen molar-refractivity contribution in [2.45, 2.75) is 39.2 Å². The van der Waals surface area contributed by atoms with E-state index in [1.165, 1.54) is 0 Å². The Morgan fingerprint density at radius 2 is 1.93 bits per heavy atom. The summed E-state index contributed by atoms with van der Waals surface area (Å²) in [5.41, 5.74) is 0. The molecule has 0 bridgehead atoms. The zero-order chi connectivity index (χ0) is 10.8. The molecule has 0 rings (SSSR count). The summed E-state index contributed by atoms with van der Waals surface area (Å²) in [6, 6.07) is 2.79. The predicted molar refractivity (Wildman–Crippen MR) is 58.0 cm³/mol. The zero-order valence-corrected chi connectivity index (χ0v) is 9.62. The molecule has 82 valence electrons. The van der Waals surface area contributed by atoms with Gasteiger partial charge >= 0.3 is 0 Å². The first kappa shape index (κ1) is 13.4. The lowest BCUT2D eigenvalue weighted by molar-refractivity contribution is 0.117. The van der Waals surface area contributed by atoms with Crippen molar-refractivity contribution in [2.24, 2.45) is 0 Å². The number of nitrogens with zero attached hydrogens (tertiary/aromatic N) is 2. The van der Waals surface area contributed by atoms with Crippen LogP contribution in [0.5, 0.6) is 0 Å². The molecule has 0 aliphatic heterocycles. The van der Waals surface area contributed by atoms with E-state index in [1.54, 1.807) is 7.11 Å². The second-order valence-corrected chi connectivity index (χ2v) is 3.41. The van der Waals surface area contributed by atoms with Crippen LogP contribution in [0, 0.1) is 11.3 Å². The minimum absolute atomic E-state index is 0.596. The molecule has 0 fully saturated rings. The lowest BCUT2D eigenvalue weighted by Crippen LogP contribution is -2.37. The maximum atomic E-state index is 8.56. The van der Waals surface area contributed by atoms with Crippen molar-refractivity contribution in [1.29, 1.82) is 5.26 Å². The van der Waals surface area contributed by atoms with E-state index in [9.17, 15) is 0 Å². The van der Waals surface area contributed by atoms with Crippen LogP contribution >= 0.6 is 0 Å². The summed E-state index contributed by atoms with van der Waals surface area (Å²) in [6.45, 7) is 6.94. The molecule has 0 aromatic rings. The molecule has 0 saturated carbocycles. The predicted octanol–water partition coefficient (Wildman–Crippen LogP) is 2.04. The highest BCUT2D eigenvalue weighted by Gasteiger charge is 2.13. The first-order valence-electron chi connectivity index (χ1n) is 5.40. The molecule has 0 aliphatic carbocycles. The molecule has 3 nitrogen and oxygen atoms in total. The summed E-state index contributed by atoms with van der Waals surface area (Å²) in [4.78, 5) is 2.35. The summed E-state index contributed by atoms with van der Waals surface area (Å²) in [5.74, 6) is 0. The fourth-order valence-electron chi connectivity index (χ4n) is 1.68. The van der Waals surface area contributed by atoms with Crippen LogP contribution in [0.25, 0.3) is 0 Å². The van der Waals surface area contributed by atoms with E-state index in [0.29, 0.717) is 12.5 Å². The lowest BCUT2D eigenvalue weighted by Gasteiger charge is -2.29. The topological polar surface area (TPSA) is 36.3 Å². The van der Waals surface area contributed by atoms with Gasteiger partial charge in [-0.25, -0.2) is 0 Å². The third-order valence-electron chi connectivity index (χ3n) is 2.55. The number of methoxy groups -OCH3 is 1. The van der Waals surface area contributed by atoms with E-state index in [2.05, 4.69) is 24.8 Å². The molecule has 0 atom stereocenters. The third kappa shape index (κ3) is 5.21. The van der Waals surface area contributed by atoms with Gasteiger partial charge in [0.1, 0.15) is 0 Å². The van der Waals surface area contributed by atoms with Crippen molar-refractivity contribution < 1.29 is 4.74 Å². The average Bonchev–Trinajstić information content (AvgIpc) is 2.22. The van der Waals surface area contributed by atoms with Gasteiger partial charge in [-0.05, 0) is 12.8 Å². The SMILES string of the molecule is CCC(CC)N(CCC#N)CCOC. The van der Waals surface area contributed by atoms with Crippen LogP contribution in [0.3, 0.4) is 0 Å². The van der Waals surface area contributed by atoms with Gasteiger partial charge in [0.2, 0.25) is 0 Å². The minimum Gasteiger partial charge on any atom is -0.383 e. The maximum Gasteiger partial charge on any atom is 0.0635 e. The van der Waals surface area contributed by atoms with Gasteiger partial charge in [0.05, 0.1) is 12.7 Å². The van der Waals surface area contributed by atoms with Crippen LogP contribution in [-0.4, -0.2) is 37.7 Å². The van der Waals surface area contributed by atoms with Crippen LogP contribution in [0.4, 0.5) is 0 Å². The second-order valence-electron chi connectivity index (χ2n) is 3.41. The molecule has 3 heteroatoms. The van der Waals surface area contributed by atoms with Crippen LogP contribution in [-0.2, 0) is 4.74 Å². The fraction of sp³-hybridized carbons (Fsp3) is 0.909. The highest BCUT2D eigenvalue weighted by molar-refractivity contribution is 4.76. The molecule has 0 aromatic heterocycles.